The Balaban J connectivity index is 1.31. The lowest BCUT2D eigenvalue weighted by Gasteiger charge is -2.57. The number of hydrogen-bond donors (Lipinski definition) is 1. The van der Waals surface area contributed by atoms with Gasteiger partial charge in [-0.1, -0.05) is 54.6 Å². The number of ether oxygens (including phenoxy) is 1. The van der Waals surface area contributed by atoms with Gasteiger partial charge in [-0.05, 0) is 36.1 Å². The van der Waals surface area contributed by atoms with Gasteiger partial charge in [0.05, 0.1) is 26.4 Å². The summed E-state index contributed by atoms with van der Waals surface area (Å²) >= 11 is 0. The van der Waals surface area contributed by atoms with Gasteiger partial charge >= 0.3 is 0 Å². The standard InChI is InChI=1S/C27H35N3O3/c31-20-25-27(23-10-8-22(9-11-23)21-6-2-1-3-7-21)24-18-29(12-4-5-13-30(24)25)26(32)19-28-14-16-33-17-15-28/h1-3,6-11,24-25,27,31H,4-5,12-20H2/t24-,25+,27-/m0/s1. The lowest BCUT2D eigenvalue weighted by molar-refractivity contribution is -0.138. The van der Waals surface area contributed by atoms with Crippen LogP contribution in [0.15, 0.2) is 54.6 Å². The van der Waals surface area contributed by atoms with Crippen LogP contribution < -0.4 is 0 Å². The van der Waals surface area contributed by atoms with Crippen molar-refractivity contribution in [2.45, 2.75) is 30.8 Å². The van der Waals surface area contributed by atoms with Gasteiger partial charge in [-0.3, -0.25) is 14.6 Å². The van der Waals surface area contributed by atoms with Crippen LogP contribution >= 0.6 is 0 Å². The molecule has 0 aliphatic carbocycles. The topological polar surface area (TPSA) is 56.2 Å². The van der Waals surface area contributed by atoms with E-state index in [2.05, 4.69) is 63.2 Å². The first kappa shape index (κ1) is 22.5. The molecular weight excluding hydrogens is 414 g/mol. The van der Waals surface area contributed by atoms with Crippen molar-refractivity contribution in [1.29, 1.82) is 0 Å². The molecule has 0 radical (unpaired) electrons. The van der Waals surface area contributed by atoms with Gasteiger partial charge in [0.2, 0.25) is 5.91 Å². The highest BCUT2D eigenvalue weighted by Crippen LogP contribution is 2.42. The van der Waals surface area contributed by atoms with Crippen LogP contribution in [0.2, 0.25) is 0 Å². The molecule has 1 amide bonds. The molecule has 33 heavy (non-hydrogen) atoms. The van der Waals surface area contributed by atoms with E-state index in [1.165, 1.54) is 16.7 Å². The molecular formula is C27H35N3O3. The Bertz CT molecular complexity index is 914. The largest absolute Gasteiger partial charge is 0.395 e. The number of aliphatic hydroxyl groups excluding tert-OH is 1. The van der Waals surface area contributed by atoms with Crippen molar-refractivity contribution in [3.63, 3.8) is 0 Å². The smallest absolute Gasteiger partial charge is 0.236 e. The van der Waals surface area contributed by atoms with Gasteiger partial charge in [-0.15, -0.1) is 0 Å². The second-order valence-electron chi connectivity index (χ2n) is 9.50. The Morgan fingerprint density at radius 1 is 0.909 bits per heavy atom. The van der Waals surface area contributed by atoms with E-state index in [1.807, 2.05) is 6.07 Å². The number of fused-ring (bicyclic) bond motifs is 1. The number of rotatable bonds is 5. The first-order chi connectivity index (χ1) is 16.2. The average molecular weight is 450 g/mol. The van der Waals surface area contributed by atoms with Crippen LogP contribution in [0.4, 0.5) is 0 Å². The summed E-state index contributed by atoms with van der Waals surface area (Å²) in [5.41, 5.74) is 3.68. The van der Waals surface area contributed by atoms with Gasteiger partial charge in [0.25, 0.3) is 0 Å². The molecule has 0 spiro atoms. The van der Waals surface area contributed by atoms with Crippen molar-refractivity contribution >= 4 is 5.91 Å². The van der Waals surface area contributed by atoms with Crippen LogP contribution in [0.5, 0.6) is 0 Å². The lowest BCUT2D eigenvalue weighted by Crippen LogP contribution is -2.68. The molecule has 1 N–H and O–H groups in total. The molecule has 0 bridgehead atoms. The van der Waals surface area contributed by atoms with Crippen molar-refractivity contribution in [2.75, 3.05) is 59.1 Å². The predicted octanol–water partition coefficient (Wildman–Crippen LogP) is 2.44. The third-order valence-electron chi connectivity index (χ3n) is 7.59. The summed E-state index contributed by atoms with van der Waals surface area (Å²) in [7, 11) is 0. The van der Waals surface area contributed by atoms with E-state index in [1.54, 1.807) is 0 Å². The molecule has 6 heteroatoms. The first-order valence-electron chi connectivity index (χ1n) is 12.3. The van der Waals surface area contributed by atoms with Crippen molar-refractivity contribution in [1.82, 2.24) is 14.7 Å². The molecule has 6 nitrogen and oxygen atoms in total. The molecule has 3 saturated heterocycles. The van der Waals surface area contributed by atoms with E-state index in [0.29, 0.717) is 19.8 Å². The molecule has 3 fully saturated rings. The highest BCUT2D eigenvalue weighted by Gasteiger charge is 2.49. The van der Waals surface area contributed by atoms with Crippen molar-refractivity contribution < 1.29 is 14.6 Å². The fourth-order valence-electron chi connectivity index (χ4n) is 5.75. The Morgan fingerprint density at radius 2 is 1.61 bits per heavy atom. The highest BCUT2D eigenvalue weighted by atomic mass is 16.5. The minimum absolute atomic E-state index is 0.131. The van der Waals surface area contributed by atoms with Crippen LogP contribution in [0.1, 0.15) is 24.3 Å². The quantitative estimate of drug-likeness (QED) is 0.760. The monoisotopic (exact) mass is 449 g/mol. The minimum atomic E-state index is 0.131. The van der Waals surface area contributed by atoms with Crippen LogP contribution in [0.25, 0.3) is 11.1 Å². The number of aliphatic hydroxyl groups is 1. The Kier molecular flexibility index (Phi) is 7.07. The van der Waals surface area contributed by atoms with Crippen LogP contribution in [-0.4, -0.2) is 96.9 Å². The number of carbonyl (C=O) groups excluding carboxylic acids is 1. The highest BCUT2D eigenvalue weighted by molar-refractivity contribution is 5.78. The lowest BCUT2D eigenvalue weighted by atomic mass is 9.74. The van der Waals surface area contributed by atoms with Gasteiger partial charge in [0.1, 0.15) is 0 Å². The van der Waals surface area contributed by atoms with Gasteiger partial charge in [-0.2, -0.15) is 0 Å². The normalized spacial score (nSPS) is 26.7. The van der Waals surface area contributed by atoms with E-state index in [-0.39, 0.29) is 30.5 Å². The van der Waals surface area contributed by atoms with E-state index in [0.717, 1.165) is 45.6 Å². The Hall–Kier alpha value is -2.25. The molecule has 3 atom stereocenters. The fourth-order valence-corrected chi connectivity index (χ4v) is 5.75. The van der Waals surface area contributed by atoms with Crippen molar-refractivity contribution in [3.8, 4) is 11.1 Å². The molecule has 0 unspecified atom stereocenters. The van der Waals surface area contributed by atoms with E-state index in [9.17, 15) is 9.90 Å². The molecule has 3 aliphatic heterocycles. The SMILES string of the molecule is O=C(CN1CCOCC1)N1CCCCN2[C@H](CO)[C@@H](c3ccc(-c4ccccc4)cc3)[C@@H]2C1. The number of amides is 1. The van der Waals surface area contributed by atoms with Crippen LogP contribution in [0, 0.1) is 0 Å². The summed E-state index contributed by atoms with van der Waals surface area (Å²) < 4.78 is 5.43. The number of carbonyl (C=O) groups is 1. The molecule has 2 aromatic rings. The number of benzene rings is 2. The first-order valence-corrected chi connectivity index (χ1v) is 12.3. The zero-order valence-corrected chi connectivity index (χ0v) is 19.3. The van der Waals surface area contributed by atoms with Gasteiger partial charge in [0, 0.05) is 44.2 Å². The van der Waals surface area contributed by atoms with Gasteiger partial charge in [-0.25, -0.2) is 0 Å². The van der Waals surface area contributed by atoms with Gasteiger partial charge in [0.15, 0.2) is 0 Å². The van der Waals surface area contributed by atoms with Crippen LogP contribution in [0.3, 0.4) is 0 Å². The van der Waals surface area contributed by atoms with Crippen LogP contribution in [-0.2, 0) is 9.53 Å². The second-order valence-corrected chi connectivity index (χ2v) is 9.50. The minimum Gasteiger partial charge on any atom is -0.395 e. The maximum absolute atomic E-state index is 13.2. The zero-order valence-electron chi connectivity index (χ0n) is 19.3. The third-order valence-corrected chi connectivity index (χ3v) is 7.59. The van der Waals surface area contributed by atoms with E-state index < -0.39 is 0 Å². The summed E-state index contributed by atoms with van der Waals surface area (Å²) in [5.74, 6) is 0.473. The second kappa shape index (κ2) is 10.3. The van der Waals surface area contributed by atoms with Crippen molar-refractivity contribution in [2.24, 2.45) is 0 Å². The number of morpholine rings is 1. The molecule has 5 rings (SSSR count). The molecule has 0 saturated carbocycles. The number of nitrogens with zero attached hydrogens (tertiary/aromatic N) is 3. The molecule has 176 valence electrons. The average Bonchev–Trinajstić information content (AvgIpc) is 2.84. The summed E-state index contributed by atoms with van der Waals surface area (Å²) in [6.45, 7) is 6.29. The molecule has 0 aromatic heterocycles. The maximum atomic E-state index is 13.2. The summed E-state index contributed by atoms with van der Waals surface area (Å²) in [4.78, 5) is 19.9. The number of hydrogen-bond acceptors (Lipinski definition) is 5. The Labute approximate surface area is 196 Å². The zero-order chi connectivity index (χ0) is 22.6. The Morgan fingerprint density at radius 3 is 2.33 bits per heavy atom. The van der Waals surface area contributed by atoms with Gasteiger partial charge < -0.3 is 14.7 Å². The molecule has 2 aromatic carbocycles. The predicted molar refractivity (Wildman–Crippen MR) is 129 cm³/mol. The summed E-state index contributed by atoms with van der Waals surface area (Å²) in [6.07, 6.45) is 2.08. The van der Waals surface area contributed by atoms with E-state index in [4.69, 9.17) is 4.74 Å². The van der Waals surface area contributed by atoms with E-state index >= 15 is 0 Å². The summed E-state index contributed by atoms with van der Waals surface area (Å²) in [6, 6.07) is 19.6. The third kappa shape index (κ3) is 4.85. The fraction of sp³-hybridized carbons (Fsp3) is 0.519. The summed E-state index contributed by atoms with van der Waals surface area (Å²) in [5, 5.41) is 10.2. The maximum Gasteiger partial charge on any atom is 0.236 e. The van der Waals surface area contributed by atoms with Crippen molar-refractivity contribution in [3.05, 3.63) is 60.2 Å². The molecule has 3 heterocycles. The molecule has 3 aliphatic rings.